The third kappa shape index (κ3) is 3.11. The lowest BCUT2D eigenvalue weighted by atomic mass is 9.58. The van der Waals surface area contributed by atoms with Crippen molar-refractivity contribution in [1.29, 1.82) is 0 Å². The number of fused-ring (bicyclic) bond motifs is 3. The second-order valence-electron chi connectivity index (χ2n) is 9.94. The van der Waals surface area contributed by atoms with E-state index in [1.165, 1.54) is 22.3 Å². The second kappa shape index (κ2) is 8.02. The Labute approximate surface area is 210 Å². The lowest BCUT2D eigenvalue weighted by molar-refractivity contribution is -0.148. The monoisotopic (exact) mass is 510 g/mol. The molecule has 1 aromatic carbocycles. The van der Waals surface area contributed by atoms with Crippen LogP contribution in [0.1, 0.15) is 27.9 Å². The van der Waals surface area contributed by atoms with Crippen LogP contribution in [0.3, 0.4) is 0 Å². The van der Waals surface area contributed by atoms with Crippen molar-refractivity contribution in [3.05, 3.63) is 62.9 Å². The van der Waals surface area contributed by atoms with Crippen LogP contribution >= 0.6 is 11.3 Å². The van der Waals surface area contributed by atoms with E-state index in [9.17, 15) is 34.8 Å². The molecule has 0 unspecified atom stereocenters. The number of amides is 1. The molecule has 3 aliphatic carbocycles. The largest absolute Gasteiger partial charge is 0.510 e. The lowest BCUT2D eigenvalue weighted by Gasteiger charge is -2.50. The van der Waals surface area contributed by atoms with Crippen LogP contribution in [0.25, 0.3) is 10.4 Å². The van der Waals surface area contributed by atoms with E-state index in [4.69, 9.17) is 5.73 Å². The molecule has 0 saturated carbocycles. The first-order chi connectivity index (χ1) is 16.9. The summed E-state index contributed by atoms with van der Waals surface area (Å²) in [5.41, 5.74) is 4.21. The Balaban J connectivity index is 1.73. The SMILES string of the molecule is Cc1csc(-c2ccc(O)c3c2C[C@H]2C[C@H]4[C@H](N(C)C)C(O)=C(C(N)=O)C(=O)[C@@]4(O)C(O)=C2C3=O)c1. The van der Waals surface area contributed by atoms with Gasteiger partial charge in [0.2, 0.25) is 5.78 Å². The van der Waals surface area contributed by atoms with E-state index < -0.39 is 58.0 Å². The van der Waals surface area contributed by atoms with E-state index in [-0.39, 0.29) is 29.7 Å². The minimum Gasteiger partial charge on any atom is -0.510 e. The van der Waals surface area contributed by atoms with E-state index in [1.54, 1.807) is 20.2 Å². The minimum absolute atomic E-state index is 0.0133. The van der Waals surface area contributed by atoms with Gasteiger partial charge in [0.1, 0.15) is 22.8 Å². The van der Waals surface area contributed by atoms with Crippen LogP contribution in [0.4, 0.5) is 0 Å². The number of nitrogens with two attached hydrogens (primary N) is 1. The van der Waals surface area contributed by atoms with Gasteiger partial charge in [0.15, 0.2) is 11.4 Å². The average molecular weight is 511 g/mol. The number of ketones is 2. The number of aryl methyl sites for hydroxylation is 1. The van der Waals surface area contributed by atoms with Gasteiger partial charge >= 0.3 is 0 Å². The van der Waals surface area contributed by atoms with Crippen molar-refractivity contribution in [1.82, 2.24) is 4.90 Å². The van der Waals surface area contributed by atoms with Gasteiger partial charge in [-0.2, -0.15) is 0 Å². The van der Waals surface area contributed by atoms with E-state index in [0.29, 0.717) is 5.56 Å². The molecule has 1 aromatic heterocycles. The summed E-state index contributed by atoms with van der Waals surface area (Å²) in [6.45, 7) is 1.96. The highest BCUT2D eigenvalue weighted by atomic mass is 32.1. The Morgan fingerprint density at radius 3 is 2.47 bits per heavy atom. The third-order valence-electron chi connectivity index (χ3n) is 7.60. The smallest absolute Gasteiger partial charge is 0.255 e. The minimum atomic E-state index is -2.64. The maximum Gasteiger partial charge on any atom is 0.255 e. The number of aromatic hydroxyl groups is 1. The van der Waals surface area contributed by atoms with Gasteiger partial charge in [-0.05, 0) is 80.0 Å². The molecule has 10 heteroatoms. The van der Waals surface area contributed by atoms with Gasteiger partial charge in [0, 0.05) is 16.4 Å². The predicted octanol–water partition coefficient (Wildman–Crippen LogP) is 2.16. The van der Waals surface area contributed by atoms with Gasteiger partial charge in [-0.3, -0.25) is 19.3 Å². The van der Waals surface area contributed by atoms with E-state index >= 15 is 0 Å². The zero-order chi connectivity index (χ0) is 26.3. The Morgan fingerprint density at radius 1 is 1.19 bits per heavy atom. The van der Waals surface area contributed by atoms with Gasteiger partial charge in [0.25, 0.3) is 5.91 Å². The number of Topliss-reactive ketones (excluding diaryl/α,β-unsaturated/α-hetero) is 2. The van der Waals surface area contributed by atoms with Crippen LogP contribution in [-0.4, -0.2) is 68.5 Å². The van der Waals surface area contributed by atoms with Crippen LogP contribution in [0, 0.1) is 18.8 Å². The molecule has 9 nitrogen and oxygen atoms in total. The van der Waals surface area contributed by atoms with Crippen molar-refractivity contribution in [3.63, 3.8) is 0 Å². The highest BCUT2D eigenvalue weighted by Crippen LogP contribution is 2.53. The molecular weight excluding hydrogens is 484 g/mol. The van der Waals surface area contributed by atoms with Crippen molar-refractivity contribution >= 4 is 28.8 Å². The van der Waals surface area contributed by atoms with Crippen molar-refractivity contribution in [2.24, 2.45) is 17.6 Å². The fourth-order valence-corrected chi connectivity index (χ4v) is 7.01. The molecule has 3 aliphatic rings. The molecule has 1 amide bonds. The number of phenolic OH excluding ortho intramolecular Hbond substituents is 1. The third-order valence-corrected chi connectivity index (χ3v) is 8.68. The van der Waals surface area contributed by atoms with Crippen LogP contribution in [0.2, 0.25) is 0 Å². The number of aliphatic hydroxyl groups is 3. The Morgan fingerprint density at radius 2 is 1.89 bits per heavy atom. The number of carbonyl (C=O) groups is 3. The first kappa shape index (κ1) is 24.2. The molecule has 0 saturated heterocycles. The summed E-state index contributed by atoms with van der Waals surface area (Å²) in [5, 5.41) is 46.4. The number of nitrogens with zero attached hydrogens (tertiary/aromatic N) is 1. The van der Waals surface area contributed by atoms with Gasteiger partial charge in [-0.15, -0.1) is 11.3 Å². The molecule has 0 fully saturated rings. The van der Waals surface area contributed by atoms with E-state index in [1.807, 2.05) is 18.4 Å². The maximum absolute atomic E-state index is 13.7. The number of primary amides is 1. The molecule has 0 aliphatic heterocycles. The van der Waals surface area contributed by atoms with Crippen LogP contribution in [0.5, 0.6) is 5.75 Å². The fraction of sp³-hybridized carbons (Fsp3) is 0.346. The lowest BCUT2D eigenvalue weighted by Crippen LogP contribution is -2.63. The topological polar surface area (TPSA) is 161 Å². The molecule has 0 radical (unpaired) electrons. The number of aliphatic hydroxyl groups excluding tert-OH is 2. The standard InChI is InChI=1S/C26H26N2O7S/c1-10-6-16(36-9-10)12-4-5-15(29)18-13(12)7-11-8-14-20(28(2)3)22(31)19(25(27)34)24(33)26(14,35)23(32)17(11)21(18)30/h4-6,9,11,14,20,29,31-32,35H,7-8H2,1-3H3,(H2,27,34)/t11-,14-,20-,26-/m0/s1. The van der Waals surface area contributed by atoms with Crippen molar-refractivity contribution in [2.45, 2.75) is 31.4 Å². The zero-order valence-electron chi connectivity index (χ0n) is 19.9. The van der Waals surface area contributed by atoms with Crippen LogP contribution < -0.4 is 5.73 Å². The van der Waals surface area contributed by atoms with Crippen molar-refractivity contribution < 1.29 is 34.8 Å². The van der Waals surface area contributed by atoms with Crippen molar-refractivity contribution in [2.75, 3.05) is 14.1 Å². The molecule has 2 aromatic rings. The van der Waals surface area contributed by atoms with Crippen molar-refractivity contribution in [3.8, 4) is 16.2 Å². The fourth-order valence-electron chi connectivity index (χ4n) is 6.05. The molecule has 4 atom stereocenters. The number of allylic oxidation sites excluding steroid dienone is 1. The summed E-state index contributed by atoms with van der Waals surface area (Å²) < 4.78 is 0. The molecule has 1 heterocycles. The molecule has 0 spiro atoms. The van der Waals surface area contributed by atoms with E-state index in [2.05, 4.69) is 0 Å². The van der Waals surface area contributed by atoms with Gasteiger partial charge in [0.05, 0.1) is 11.6 Å². The number of benzene rings is 1. The molecular formula is C26H26N2O7S. The van der Waals surface area contributed by atoms with Gasteiger partial charge in [-0.25, -0.2) is 0 Å². The summed E-state index contributed by atoms with van der Waals surface area (Å²) in [5.74, 6) is -6.54. The molecule has 6 N–H and O–H groups in total. The molecule has 36 heavy (non-hydrogen) atoms. The van der Waals surface area contributed by atoms with Crippen LogP contribution in [0.15, 0.2) is 46.2 Å². The summed E-state index contributed by atoms with van der Waals surface area (Å²) in [7, 11) is 3.20. The Kier molecular flexibility index (Phi) is 5.40. The number of thiophene rings is 1. The molecule has 188 valence electrons. The normalized spacial score (nSPS) is 27.8. The Bertz CT molecular complexity index is 1420. The second-order valence-corrected chi connectivity index (χ2v) is 10.8. The average Bonchev–Trinajstić information content (AvgIpc) is 3.22. The highest BCUT2D eigenvalue weighted by Gasteiger charge is 2.63. The summed E-state index contributed by atoms with van der Waals surface area (Å²) in [4.78, 5) is 41.5. The number of phenols is 1. The summed E-state index contributed by atoms with van der Waals surface area (Å²) in [6.07, 6.45) is 0.319. The van der Waals surface area contributed by atoms with E-state index in [0.717, 1.165) is 16.0 Å². The Hall–Kier alpha value is -3.47. The maximum atomic E-state index is 13.7. The van der Waals surface area contributed by atoms with Gasteiger partial charge in [-0.1, -0.05) is 0 Å². The summed E-state index contributed by atoms with van der Waals surface area (Å²) >= 11 is 1.51. The predicted molar refractivity (Wildman–Crippen MR) is 132 cm³/mol. The number of hydrogen-bond acceptors (Lipinski definition) is 9. The first-order valence-electron chi connectivity index (χ1n) is 11.4. The summed E-state index contributed by atoms with van der Waals surface area (Å²) in [6, 6.07) is 4.14. The molecule has 0 bridgehead atoms. The van der Waals surface area contributed by atoms with Gasteiger partial charge < -0.3 is 26.2 Å². The first-order valence-corrected chi connectivity index (χ1v) is 12.3. The number of hydrogen-bond donors (Lipinski definition) is 5. The number of likely N-dealkylation sites (N-methyl/N-ethyl adjacent to an activating group) is 1. The number of carbonyl (C=O) groups excluding carboxylic acids is 3. The quantitative estimate of drug-likeness (QED) is 0.393. The molecule has 5 rings (SSSR count). The highest BCUT2D eigenvalue weighted by molar-refractivity contribution is 7.13. The van der Waals surface area contributed by atoms with Crippen LogP contribution in [-0.2, 0) is 16.0 Å². The zero-order valence-corrected chi connectivity index (χ0v) is 20.7. The number of rotatable bonds is 3.